The Morgan fingerprint density at radius 2 is 1.66 bits per heavy atom. The summed E-state index contributed by atoms with van der Waals surface area (Å²) in [6, 6.07) is 6.83. The van der Waals surface area contributed by atoms with Crippen LogP contribution in [0.5, 0.6) is 5.75 Å². The molecule has 0 saturated heterocycles. The van der Waals surface area contributed by atoms with Crippen LogP contribution in [0.4, 0.5) is 0 Å². The van der Waals surface area contributed by atoms with Crippen LogP contribution in [0.25, 0.3) is 0 Å². The van der Waals surface area contributed by atoms with Crippen LogP contribution in [0.2, 0.25) is 5.02 Å². The van der Waals surface area contributed by atoms with Crippen LogP contribution in [0.15, 0.2) is 36.5 Å². The molecule has 1 saturated carbocycles. The Balaban J connectivity index is 1.70. The first-order valence-electron chi connectivity index (χ1n) is 12.4. The number of pyridine rings is 1. The molecule has 10 nitrogen and oxygen atoms in total. The molecule has 2 heterocycles. The molecule has 0 spiro atoms. The molecule has 1 aliphatic heterocycles. The Bertz CT molecular complexity index is 1260. The molecule has 202 valence electrons. The van der Waals surface area contributed by atoms with Crippen molar-refractivity contribution in [1.82, 2.24) is 20.1 Å². The molecule has 38 heavy (non-hydrogen) atoms. The molecule has 2 aromatic rings. The van der Waals surface area contributed by atoms with Gasteiger partial charge in [-0.15, -0.1) is 0 Å². The van der Waals surface area contributed by atoms with Crippen molar-refractivity contribution in [3.05, 3.63) is 58.4 Å². The number of amides is 4. The SMILES string of the molecule is CN(C)C(=O)c1ccc2c(c1)C(NC(=O)C1CCC(C(=O)N(C)C)CC1)C(C(N)=O)(c1ccc(Cl)cn1)O2. The predicted octanol–water partition coefficient (Wildman–Crippen LogP) is 2.26. The minimum Gasteiger partial charge on any atom is -0.468 e. The number of hydrogen-bond donors (Lipinski definition) is 2. The standard InChI is InChI=1S/C27H32ClN5O5/c1-32(2)24(35)16-7-5-15(6-8-16)23(34)31-22-19-13-17(25(36)33(3)4)9-11-20(19)38-27(22,26(29)37)21-12-10-18(28)14-30-21/h9-16,22H,5-8H2,1-4H3,(H2,29,37)(H,31,34). The number of hydrogen-bond acceptors (Lipinski definition) is 6. The number of carbonyl (C=O) groups is 4. The van der Waals surface area contributed by atoms with E-state index in [1.165, 1.54) is 17.2 Å². The van der Waals surface area contributed by atoms with E-state index in [1.807, 2.05) is 0 Å². The number of benzene rings is 1. The van der Waals surface area contributed by atoms with Crippen molar-refractivity contribution in [3.63, 3.8) is 0 Å². The Morgan fingerprint density at radius 1 is 1.00 bits per heavy atom. The summed E-state index contributed by atoms with van der Waals surface area (Å²) in [6.45, 7) is 0. The summed E-state index contributed by atoms with van der Waals surface area (Å²) >= 11 is 6.04. The van der Waals surface area contributed by atoms with Gasteiger partial charge in [-0.25, -0.2) is 0 Å². The molecule has 1 aliphatic carbocycles. The van der Waals surface area contributed by atoms with Gasteiger partial charge in [-0.1, -0.05) is 11.6 Å². The largest absolute Gasteiger partial charge is 0.468 e. The summed E-state index contributed by atoms with van der Waals surface area (Å²) in [7, 11) is 6.71. The highest BCUT2D eigenvalue weighted by molar-refractivity contribution is 6.30. The van der Waals surface area contributed by atoms with Crippen LogP contribution in [0.3, 0.4) is 0 Å². The van der Waals surface area contributed by atoms with Crippen LogP contribution in [0, 0.1) is 11.8 Å². The summed E-state index contributed by atoms with van der Waals surface area (Å²) in [5, 5.41) is 3.35. The molecule has 11 heteroatoms. The van der Waals surface area contributed by atoms with Gasteiger partial charge in [0.25, 0.3) is 17.4 Å². The second-order valence-electron chi connectivity index (χ2n) is 10.2. The maximum Gasteiger partial charge on any atom is 0.270 e. The van der Waals surface area contributed by atoms with Crippen LogP contribution < -0.4 is 15.8 Å². The third kappa shape index (κ3) is 4.92. The Morgan fingerprint density at radius 3 is 2.21 bits per heavy atom. The molecule has 0 radical (unpaired) electrons. The zero-order valence-electron chi connectivity index (χ0n) is 21.9. The van der Waals surface area contributed by atoms with E-state index in [0.29, 0.717) is 47.6 Å². The monoisotopic (exact) mass is 541 g/mol. The number of fused-ring (bicyclic) bond motifs is 1. The van der Waals surface area contributed by atoms with Gasteiger partial charge in [0.05, 0.1) is 10.7 Å². The lowest BCUT2D eigenvalue weighted by molar-refractivity contribution is -0.140. The van der Waals surface area contributed by atoms with E-state index in [9.17, 15) is 19.2 Å². The first-order chi connectivity index (χ1) is 18.0. The molecular formula is C27H32ClN5O5. The second-order valence-corrected chi connectivity index (χ2v) is 10.7. The molecule has 4 amide bonds. The summed E-state index contributed by atoms with van der Waals surface area (Å²) in [5.41, 5.74) is 5.07. The number of nitrogens with one attached hydrogen (secondary N) is 1. The molecule has 2 atom stereocenters. The van der Waals surface area contributed by atoms with Crippen molar-refractivity contribution in [3.8, 4) is 5.75 Å². The lowest BCUT2D eigenvalue weighted by Crippen LogP contribution is -2.54. The van der Waals surface area contributed by atoms with Gasteiger partial charge in [-0.05, 0) is 56.0 Å². The first kappa shape index (κ1) is 27.4. The Kier molecular flexibility index (Phi) is 7.64. The van der Waals surface area contributed by atoms with Crippen LogP contribution in [-0.4, -0.2) is 66.6 Å². The van der Waals surface area contributed by atoms with Crippen LogP contribution in [0.1, 0.15) is 53.3 Å². The van der Waals surface area contributed by atoms with E-state index >= 15 is 0 Å². The number of rotatable bonds is 6. The summed E-state index contributed by atoms with van der Waals surface area (Å²) in [5.74, 6) is -1.50. The van der Waals surface area contributed by atoms with Crippen molar-refractivity contribution in [2.45, 2.75) is 37.3 Å². The molecule has 1 fully saturated rings. The fourth-order valence-corrected chi connectivity index (χ4v) is 5.34. The zero-order chi connectivity index (χ0) is 27.8. The molecule has 1 aromatic heterocycles. The number of primary amides is 1. The normalized spacial score (nSPS) is 24.1. The van der Waals surface area contributed by atoms with Crippen molar-refractivity contribution in [2.75, 3.05) is 28.2 Å². The molecule has 4 rings (SSSR count). The minimum atomic E-state index is -1.86. The zero-order valence-corrected chi connectivity index (χ0v) is 22.6. The van der Waals surface area contributed by atoms with Gasteiger partial charge in [0.1, 0.15) is 11.8 Å². The Hall–Kier alpha value is -3.66. The maximum absolute atomic E-state index is 13.6. The molecule has 3 N–H and O–H groups in total. The van der Waals surface area contributed by atoms with Gasteiger partial charge in [-0.3, -0.25) is 24.2 Å². The third-order valence-electron chi connectivity index (χ3n) is 7.30. The van der Waals surface area contributed by atoms with E-state index in [0.717, 1.165) is 0 Å². The minimum absolute atomic E-state index is 0.0571. The molecule has 0 bridgehead atoms. The lowest BCUT2D eigenvalue weighted by Gasteiger charge is -2.34. The van der Waals surface area contributed by atoms with Crippen molar-refractivity contribution in [1.29, 1.82) is 0 Å². The fraction of sp³-hybridized carbons (Fsp3) is 0.444. The van der Waals surface area contributed by atoms with Gasteiger partial charge in [0, 0.05) is 57.4 Å². The number of nitrogens with two attached hydrogens (primary N) is 1. The number of aromatic nitrogens is 1. The van der Waals surface area contributed by atoms with E-state index in [1.54, 1.807) is 57.4 Å². The maximum atomic E-state index is 13.6. The Labute approximate surface area is 226 Å². The number of carbonyl (C=O) groups excluding carboxylic acids is 4. The first-order valence-corrected chi connectivity index (χ1v) is 12.8. The van der Waals surface area contributed by atoms with Gasteiger partial charge in [0.2, 0.25) is 11.8 Å². The van der Waals surface area contributed by atoms with Gasteiger partial charge in [-0.2, -0.15) is 0 Å². The highest BCUT2D eigenvalue weighted by atomic mass is 35.5. The fourth-order valence-electron chi connectivity index (χ4n) is 5.23. The predicted molar refractivity (Wildman–Crippen MR) is 140 cm³/mol. The summed E-state index contributed by atoms with van der Waals surface area (Å²) in [4.78, 5) is 59.1. The molecular weight excluding hydrogens is 510 g/mol. The van der Waals surface area contributed by atoms with Crippen LogP contribution >= 0.6 is 11.6 Å². The van der Waals surface area contributed by atoms with Gasteiger partial charge in [0.15, 0.2) is 0 Å². The quantitative estimate of drug-likeness (QED) is 0.576. The van der Waals surface area contributed by atoms with Crippen molar-refractivity contribution in [2.24, 2.45) is 17.6 Å². The number of halogens is 1. The highest BCUT2D eigenvalue weighted by Gasteiger charge is 2.57. The van der Waals surface area contributed by atoms with E-state index in [-0.39, 0.29) is 35.3 Å². The van der Waals surface area contributed by atoms with Gasteiger partial charge >= 0.3 is 0 Å². The van der Waals surface area contributed by atoms with Crippen molar-refractivity contribution < 1.29 is 23.9 Å². The number of ether oxygens (including phenoxy) is 1. The average Bonchev–Trinajstić information content (AvgIpc) is 3.22. The molecule has 2 unspecified atom stereocenters. The summed E-state index contributed by atoms with van der Waals surface area (Å²) in [6.07, 6.45) is 3.61. The van der Waals surface area contributed by atoms with Gasteiger partial charge < -0.3 is 25.6 Å². The average molecular weight is 542 g/mol. The molecule has 1 aromatic carbocycles. The lowest BCUT2D eigenvalue weighted by atomic mass is 9.80. The smallest absolute Gasteiger partial charge is 0.270 e. The second kappa shape index (κ2) is 10.6. The van der Waals surface area contributed by atoms with E-state index in [4.69, 9.17) is 22.1 Å². The topological polar surface area (TPSA) is 135 Å². The summed E-state index contributed by atoms with van der Waals surface area (Å²) < 4.78 is 6.18. The highest BCUT2D eigenvalue weighted by Crippen LogP contribution is 2.49. The van der Waals surface area contributed by atoms with Crippen LogP contribution in [-0.2, 0) is 20.0 Å². The van der Waals surface area contributed by atoms with E-state index < -0.39 is 17.6 Å². The number of nitrogens with zero attached hydrogens (tertiary/aromatic N) is 3. The van der Waals surface area contributed by atoms with E-state index in [2.05, 4.69) is 10.3 Å². The third-order valence-corrected chi connectivity index (χ3v) is 7.52. The van der Waals surface area contributed by atoms with Crippen molar-refractivity contribution >= 4 is 35.2 Å². The molecule has 2 aliphatic rings.